The Labute approximate surface area is 108 Å². The molecule has 17 heavy (non-hydrogen) atoms. The van der Waals surface area contributed by atoms with Gasteiger partial charge in [-0.25, -0.2) is 0 Å². The van der Waals surface area contributed by atoms with E-state index in [9.17, 15) is 4.79 Å². The Morgan fingerprint density at radius 2 is 1.59 bits per heavy atom. The Hall–Kier alpha value is -0.465. The maximum Gasteiger partial charge on any atom is 0.305 e. The molecule has 0 unspecified atom stereocenters. The lowest BCUT2D eigenvalue weighted by Crippen LogP contribution is -2.05. The molecule has 0 bridgehead atoms. The van der Waals surface area contributed by atoms with E-state index in [0.29, 0.717) is 13.0 Å². The SMILES string of the molecule is [B]CCCCCCOC(=O)CCCCCCC. The summed E-state index contributed by atoms with van der Waals surface area (Å²) in [6, 6.07) is 0. The fraction of sp³-hybridized carbons (Fsp3) is 0.929. The lowest BCUT2D eigenvalue weighted by molar-refractivity contribution is -0.143. The molecule has 3 heteroatoms. The number of rotatable bonds is 12. The Morgan fingerprint density at radius 3 is 2.29 bits per heavy atom. The number of ether oxygens (including phenoxy) is 1. The summed E-state index contributed by atoms with van der Waals surface area (Å²) in [4.78, 5) is 11.3. The van der Waals surface area contributed by atoms with Crippen LogP contribution >= 0.6 is 0 Å². The fourth-order valence-electron chi connectivity index (χ4n) is 1.73. The zero-order valence-electron chi connectivity index (χ0n) is 11.4. The fourth-order valence-corrected chi connectivity index (χ4v) is 1.73. The molecule has 0 aliphatic heterocycles. The standard InChI is InChI=1S/C14H27BO2/c1-2-3-4-5-8-11-14(16)17-13-10-7-6-9-12-15/h2-13H2,1H3. The maximum atomic E-state index is 11.3. The molecule has 0 spiro atoms. The average molecular weight is 238 g/mol. The van der Waals surface area contributed by atoms with Gasteiger partial charge in [0.05, 0.1) is 14.5 Å². The second-order valence-corrected chi connectivity index (χ2v) is 4.59. The Morgan fingerprint density at radius 1 is 0.941 bits per heavy atom. The van der Waals surface area contributed by atoms with E-state index in [1.165, 1.54) is 19.3 Å². The van der Waals surface area contributed by atoms with E-state index in [-0.39, 0.29) is 5.97 Å². The van der Waals surface area contributed by atoms with Crippen LogP contribution in [0.5, 0.6) is 0 Å². The van der Waals surface area contributed by atoms with E-state index in [2.05, 4.69) is 6.92 Å². The van der Waals surface area contributed by atoms with Gasteiger partial charge in [-0.2, -0.15) is 0 Å². The van der Waals surface area contributed by atoms with Gasteiger partial charge in [-0.3, -0.25) is 4.79 Å². The van der Waals surface area contributed by atoms with E-state index in [1.54, 1.807) is 0 Å². The maximum absolute atomic E-state index is 11.3. The second kappa shape index (κ2) is 13.6. The minimum absolute atomic E-state index is 0.0275. The van der Waals surface area contributed by atoms with Gasteiger partial charge in [-0.05, 0) is 12.8 Å². The number of esters is 1. The van der Waals surface area contributed by atoms with Gasteiger partial charge in [-0.1, -0.05) is 58.2 Å². The number of hydrogen-bond acceptors (Lipinski definition) is 2. The number of carbonyl (C=O) groups excluding carboxylic acids is 1. The molecule has 2 radical (unpaired) electrons. The first-order valence-electron chi connectivity index (χ1n) is 7.17. The van der Waals surface area contributed by atoms with Crippen molar-refractivity contribution in [2.45, 2.75) is 77.5 Å². The van der Waals surface area contributed by atoms with Crippen molar-refractivity contribution in [3.63, 3.8) is 0 Å². The van der Waals surface area contributed by atoms with Crippen molar-refractivity contribution in [2.75, 3.05) is 6.61 Å². The molecule has 0 rings (SSSR count). The van der Waals surface area contributed by atoms with Crippen LogP contribution in [-0.4, -0.2) is 20.4 Å². The van der Waals surface area contributed by atoms with Crippen LogP contribution in [-0.2, 0) is 9.53 Å². The van der Waals surface area contributed by atoms with Crippen LogP contribution < -0.4 is 0 Å². The van der Waals surface area contributed by atoms with Crippen LogP contribution in [0.15, 0.2) is 0 Å². The lowest BCUT2D eigenvalue weighted by atomic mass is 9.99. The van der Waals surface area contributed by atoms with Crippen molar-refractivity contribution in [2.24, 2.45) is 0 Å². The normalized spacial score (nSPS) is 10.4. The molecule has 0 atom stereocenters. The molecule has 0 saturated heterocycles. The molecule has 2 nitrogen and oxygen atoms in total. The van der Waals surface area contributed by atoms with Gasteiger partial charge in [-0.15, -0.1) is 0 Å². The zero-order chi connectivity index (χ0) is 12.8. The zero-order valence-corrected chi connectivity index (χ0v) is 11.4. The van der Waals surface area contributed by atoms with Crippen molar-refractivity contribution in [1.29, 1.82) is 0 Å². The summed E-state index contributed by atoms with van der Waals surface area (Å²) in [6.07, 6.45) is 11.5. The molecular weight excluding hydrogens is 211 g/mol. The summed E-state index contributed by atoms with van der Waals surface area (Å²) in [5.41, 5.74) is 0. The van der Waals surface area contributed by atoms with Gasteiger partial charge in [0.15, 0.2) is 0 Å². The highest BCUT2D eigenvalue weighted by atomic mass is 16.5. The predicted molar refractivity (Wildman–Crippen MR) is 73.4 cm³/mol. The Balaban J connectivity index is 3.12. The summed E-state index contributed by atoms with van der Waals surface area (Å²) in [7, 11) is 5.40. The highest BCUT2D eigenvalue weighted by Crippen LogP contribution is 2.06. The predicted octanol–water partition coefficient (Wildman–Crippen LogP) is 4.04. The van der Waals surface area contributed by atoms with Crippen LogP contribution in [0.4, 0.5) is 0 Å². The van der Waals surface area contributed by atoms with Gasteiger partial charge in [0.1, 0.15) is 0 Å². The molecule has 0 amide bonds. The highest BCUT2D eigenvalue weighted by Gasteiger charge is 2.01. The number of unbranched alkanes of at least 4 members (excludes halogenated alkanes) is 7. The van der Waals surface area contributed by atoms with Crippen molar-refractivity contribution < 1.29 is 9.53 Å². The van der Waals surface area contributed by atoms with Gasteiger partial charge >= 0.3 is 5.97 Å². The van der Waals surface area contributed by atoms with E-state index in [4.69, 9.17) is 12.6 Å². The van der Waals surface area contributed by atoms with Gasteiger partial charge in [0, 0.05) is 6.42 Å². The molecule has 98 valence electrons. The first-order chi connectivity index (χ1) is 8.31. The van der Waals surface area contributed by atoms with Crippen molar-refractivity contribution >= 4 is 13.8 Å². The minimum atomic E-state index is -0.0275. The highest BCUT2D eigenvalue weighted by molar-refractivity contribution is 6.08. The molecule has 0 aromatic carbocycles. The van der Waals surface area contributed by atoms with Crippen molar-refractivity contribution in [1.82, 2.24) is 0 Å². The molecule has 0 saturated carbocycles. The van der Waals surface area contributed by atoms with Crippen LogP contribution in [0.2, 0.25) is 6.32 Å². The summed E-state index contributed by atoms with van der Waals surface area (Å²) in [5.74, 6) is -0.0275. The Bertz CT molecular complexity index is 172. The molecule has 0 aliphatic carbocycles. The van der Waals surface area contributed by atoms with Gasteiger partial charge < -0.3 is 4.74 Å². The third kappa shape index (κ3) is 13.5. The van der Waals surface area contributed by atoms with Crippen LogP contribution in [0.3, 0.4) is 0 Å². The summed E-state index contributed by atoms with van der Waals surface area (Å²) in [6.45, 7) is 2.78. The van der Waals surface area contributed by atoms with Crippen molar-refractivity contribution in [3.05, 3.63) is 0 Å². The first kappa shape index (κ1) is 16.5. The quantitative estimate of drug-likeness (QED) is 0.291. The molecular formula is C14H27BO2. The molecule has 0 heterocycles. The third-order valence-corrected chi connectivity index (χ3v) is 2.85. The van der Waals surface area contributed by atoms with E-state index < -0.39 is 0 Å². The third-order valence-electron chi connectivity index (χ3n) is 2.85. The van der Waals surface area contributed by atoms with Gasteiger partial charge in [0.25, 0.3) is 0 Å². The van der Waals surface area contributed by atoms with Crippen LogP contribution in [0.1, 0.15) is 71.1 Å². The summed E-state index contributed by atoms with van der Waals surface area (Å²) in [5, 5.41) is 0. The lowest BCUT2D eigenvalue weighted by Gasteiger charge is -2.04. The molecule has 0 aromatic heterocycles. The Kier molecular flexibility index (Phi) is 13.2. The van der Waals surface area contributed by atoms with E-state index >= 15 is 0 Å². The minimum Gasteiger partial charge on any atom is -0.466 e. The van der Waals surface area contributed by atoms with E-state index in [1.807, 2.05) is 0 Å². The monoisotopic (exact) mass is 238 g/mol. The average Bonchev–Trinajstić information content (AvgIpc) is 2.33. The molecule has 0 N–H and O–H groups in total. The number of carbonyl (C=O) groups is 1. The smallest absolute Gasteiger partial charge is 0.305 e. The van der Waals surface area contributed by atoms with Crippen LogP contribution in [0, 0.1) is 0 Å². The van der Waals surface area contributed by atoms with Crippen molar-refractivity contribution in [3.8, 4) is 0 Å². The summed E-state index contributed by atoms with van der Waals surface area (Å²) < 4.78 is 5.16. The van der Waals surface area contributed by atoms with Gasteiger partial charge in [0.2, 0.25) is 0 Å². The molecule has 0 fully saturated rings. The molecule has 0 aromatic rings. The van der Waals surface area contributed by atoms with E-state index in [0.717, 1.165) is 44.8 Å². The topological polar surface area (TPSA) is 26.3 Å². The second-order valence-electron chi connectivity index (χ2n) is 4.59. The van der Waals surface area contributed by atoms with Crippen LogP contribution in [0.25, 0.3) is 0 Å². The first-order valence-corrected chi connectivity index (χ1v) is 7.17. The number of hydrogen-bond donors (Lipinski definition) is 0. The molecule has 0 aliphatic rings. The largest absolute Gasteiger partial charge is 0.466 e. The summed E-state index contributed by atoms with van der Waals surface area (Å²) >= 11 is 0.